The number of nitrogens with one attached hydrogen (secondary N) is 1. The molecule has 0 spiro atoms. The standard InChI is InChI=1S/C21H22N2O6S/c1-21(2)12-20(25)23(15-5-3-4-6-18(15)30(21,26)27)13-19(24)22-14-7-8-16-17(11-14)29-10-9-28-16/h3-8,11H,9-10,12-13H2,1-2H3,(H,22,24). The molecule has 2 aliphatic rings. The molecule has 2 aromatic carbocycles. The summed E-state index contributed by atoms with van der Waals surface area (Å²) in [6.07, 6.45) is -0.221. The van der Waals surface area contributed by atoms with Gasteiger partial charge in [-0.2, -0.15) is 0 Å². The molecule has 0 atom stereocenters. The number of carbonyl (C=O) groups excluding carboxylic acids is 2. The highest BCUT2D eigenvalue weighted by atomic mass is 32.2. The number of anilines is 2. The third-order valence-corrected chi connectivity index (χ3v) is 7.70. The quantitative estimate of drug-likeness (QED) is 0.802. The van der Waals surface area contributed by atoms with Gasteiger partial charge in [0.2, 0.25) is 11.8 Å². The van der Waals surface area contributed by atoms with Gasteiger partial charge in [-0.05, 0) is 38.1 Å². The lowest BCUT2D eigenvalue weighted by molar-refractivity contribution is -0.121. The fourth-order valence-corrected chi connectivity index (χ4v) is 5.15. The molecule has 2 amide bonds. The number of carbonyl (C=O) groups is 2. The summed E-state index contributed by atoms with van der Waals surface area (Å²) in [7, 11) is -3.75. The fourth-order valence-electron chi connectivity index (χ4n) is 3.53. The van der Waals surface area contributed by atoms with Crippen LogP contribution in [0.5, 0.6) is 11.5 Å². The number of fused-ring (bicyclic) bond motifs is 2. The van der Waals surface area contributed by atoms with Gasteiger partial charge in [-0.25, -0.2) is 8.42 Å². The zero-order valence-electron chi connectivity index (χ0n) is 16.7. The number of amides is 2. The van der Waals surface area contributed by atoms with Gasteiger partial charge in [0.1, 0.15) is 19.8 Å². The van der Waals surface area contributed by atoms with E-state index in [0.29, 0.717) is 30.4 Å². The van der Waals surface area contributed by atoms with Crippen molar-refractivity contribution in [2.24, 2.45) is 0 Å². The van der Waals surface area contributed by atoms with Gasteiger partial charge >= 0.3 is 0 Å². The van der Waals surface area contributed by atoms with Crippen LogP contribution in [0.3, 0.4) is 0 Å². The molecule has 1 N–H and O–H groups in total. The molecule has 0 fully saturated rings. The minimum atomic E-state index is -3.75. The van der Waals surface area contributed by atoms with Crippen LogP contribution in [0, 0.1) is 0 Å². The predicted molar refractivity (Wildman–Crippen MR) is 111 cm³/mol. The fraction of sp³-hybridized carbons (Fsp3) is 0.333. The second-order valence-corrected chi connectivity index (χ2v) is 10.3. The Kier molecular flexibility index (Phi) is 4.93. The van der Waals surface area contributed by atoms with E-state index < -0.39 is 26.4 Å². The lowest BCUT2D eigenvalue weighted by Gasteiger charge is -2.23. The Labute approximate surface area is 174 Å². The van der Waals surface area contributed by atoms with E-state index in [1.807, 2.05) is 0 Å². The lowest BCUT2D eigenvalue weighted by atomic mass is 10.1. The summed E-state index contributed by atoms with van der Waals surface area (Å²) in [6.45, 7) is 3.63. The van der Waals surface area contributed by atoms with Crippen molar-refractivity contribution in [3.8, 4) is 11.5 Å². The molecule has 0 saturated carbocycles. The van der Waals surface area contributed by atoms with Crippen LogP contribution < -0.4 is 19.7 Å². The molecule has 0 aliphatic carbocycles. The van der Waals surface area contributed by atoms with Crippen LogP contribution in [0.4, 0.5) is 11.4 Å². The molecule has 4 rings (SSSR count). The minimum absolute atomic E-state index is 0.0491. The van der Waals surface area contributed by atoms with Gasteiger partial charge in [-0.3, -0.25) is 9.59 Å². The van der Waals surface area contributed by atoms with Crippen LogP contribution in [0.1, 0.15) is 20.3 Å². The SMILES string of the molecule is CC1(C)CC(=O)N(CC(=O)Nc2ccc3c(c2)OCCO3)c2ccccc2S1(=O)=O. The third-order valence-electron chi connectivity index (χ3n) is 5.18. The highest BCUT2D eigenvalue weighted by molar-refractivity contribution is 7.93. The Bertz CT molecular complexity index is 1130. The first-order chi connectivity index (χ1) is 14.2. The molecule has 0 bridgehead atoms. The van der Waals surface area contributed by atoms with E-state index in [-0.39, 0.29) is 23.5 Å². The van der Waals surface area contributed by atoms with Crippen LogP contribution in [0.25, 0.3) is 0 Å². The van der Waals surface area contributed by atoms with Gasteiger partial charge in [0.15, 0.2) is 21.3 Å². The van der Waals surface area contributed by atoms with Crippen molar-refractivity contribution in [3.63, 3.8) is 0 Å². The summed E-state index contributed by atoms with van der Waals surface area (Å²) in [5, 5.41) is 2.73. The molecule has 9 heteroatoms. The van der Waals surface area contributed by atoms with Gasteiger partial charge in [-0.15, -0.1) is 0 Å². The Morgan fingerprint density at radius 3 is 2.57 bits per heavy atom. The Hall–Kier alpha value is -3.07. The summed E-state index contributed by atoms with van der Waals surface area (Å²) >= 11 is 0. The zero-order valence-corrected chi connectivity index (χ0v) is 17.5. The third kappa shape index (κ3) is 3.49. The van der Waals surface area contributed by atoms with Crippen molar-refractivity contribution in [1.29, 1.82) is 0 Å². The number of ether oxygens (including phenoxy) is 2. The van der Waals surface area contributed by atoms with E-state index >= 15 is 0 Å². The number of benzene rings is 2. The van der Waals surface area contributed by atoms with Crippen LogP contribution in [-0.4, -0.2) is 44.7 Å². The highest BCUT2D eigenvalue weighted by Gasteiger charge is 2.44. The maximum atomic E-state index is 13.0. The molecule has 8 nitrogen and oxygen atoms in total. The average Bonchev–Trinajstić information content (AvgIpc) is 2.76. The normalized spacial score (nSPS) is 18.9. The number of sulfone groups is 1. The first-order valence-electron chi connectivity index (χ1n) is 9.52. The van der Waals surface area contributed by atoms with Crippen molar-refractivity contribution >= 4 is 33.0 Å². The molecular formula is C21H22N2O6S. The van der Waals surface area contributed by atoms with E-state index in [1.165, 1.54) is 24.8 Å². The molecule has 2 aromatic rings. The van der Waals surface area contributed by atoms with Gasteiger partial charge in [-0.1, -0.05) is 12.1 Å². The van der Waals surface area contributed by atoms with E-state index in [4.69, 9.17) is 9.47 Å². The Morgan fingerprint density at radius 2 is 1.80 bits per heavy atom. The average molecular weight is 430 g/mol. The van der Waals surface area contributed by atoms with E-state index in [9.17, 15) is 18.0 Å². The summed E-state index contributed by atoms with van der Waals surface area (Å²) in [5.41, 5.74) is 0.707. The van der Waals surface area contributed by atoms with Crippen molar-refractivity contribution < 1.29 is 27.5 Å². The highest BCUT2D eigenvalue weighted by Crippen LogP contribution is 2.39. The smallest absolute Gasteiger partial charge is 0.244 e. The largest absolute Gasteiger partial charge is 0.486 e. The van der Waals surface area contributed by atoms with Crippen molar-refractivity contribution in [1.82, 2.24) is 0 Å². The molecular weight excluding hydrogens is 408 g/mol. The van der Waals surface area contributed by atoms with Gasteiger partial charge in [0.05, 0.1) is 15.3 Å². The summed E-state index contributed by atoms with van der Waals surface area (Å²) in [5.74, 6) is 0.254. The first kappa shape index (κ1) is 20.2. The molecule has 2 aliphatic heterocycles. The Morgan fingerprint density at radius 1 is 1.10 bits per heavy atom. The molecule has 0 aromatic heterocycles. The Balaban J connectivity index is 1.60. The first-order valence-corrected chi connectivity index (χ1v) is 11.0. The van der Waals surface area contributed by atoms with E-state index in [0.717, 1.165) is 0 Å². The van der Waals surface area contributed by atoms with Crippen LogP contribution in [0.15, 0.2) is 47.4 Å². The number of rotatable bonds is 3. The van der Waals surface area contributed by atoms with Gasteiger partial charge in [0.25, 0.3) is 0 Å². The maximum Gasteiger partial charge on any atom is 0.244 e. The molecule has 2 heterocycles. The molecule has 158 valence electrons. The molecule has 0 radical (unpaired) electrons. The molecule has 0 saturated heterocycles. The number of para-hydroxylation sites is 1. The van der Waals surface area contributed by atoms with Gasteiger partial charge < -0.3 is 19.7 Å². The second kappa shape index (κ2) is 7.32. The number of hydrogen-bond acceptors (Lipinski definition) is 6. The van der Waals surface area contributed by atoms with E-state index in [1.54, 1.807) is 36.4 Å². The summed E-state index contributed by atoms with van der Waals surface area (Å²) in [6, 6.07) is 11.3. The van der Waals surface area contributed by atoms with Gasteiger partial charge in [0, 0.05) is 18.2 Å². The minimum Gasteiger partial charge on any atom is -0.486 e. The van der Waals surface area contributed by atoms with Crippen molar-refractivity contribution in [2.75, 3.05) is 30.0 Å². The predicted octanol–water partition coefficient (Wildman–Crippen LogP) is 2.39. The summed E-state index contributed by atoms with van der Waals surface area (Å²) < 4.78 is 35.8. The topological polar surface area (TPSA) is 102 Å². The summed E-state index contributed by atoms with van der Waals surface area (Å²) in [4.78, 5) is 26.9. The number of nitrogens with zero attached hydrogens (tertiary/aromatic N) is 1. The second-order valence-electron chi connectivity index (χ2n) is 7.79. The molecule has 30 heavy (non-hydrogen) atoms. The molecule has 0 unspecified atom stereocenters. The monoisotopic (exact) mass is 430 g/mol. The lowest BCUT2D eigenvalue weighted by Crippen LogP contribution is -2.40. The van der Waals surface area contributed by atoms with Crippen LogP contribution in [0.2, 0.25) is 0 Å². The van der Waals surface area contributed by atoms with Crippen LogP contribution in [-0.2, 0) is 19.4 Å². The van der Waals surface area contributed by atoms with E-state index in [2.05, 4.69) is 5.32 Å². The van der Waals surface area contributed by atoms with Crippen molar-refractivity contribution in [3.05, 3.63) is 42.5 Å². The van der Waals surface area contributed by atoms with Crippen LogP contribution >= 0.6 is 0 Å². The number of hydrogen-bond donors (Lipinski definition) is 1. The zero-order chi connectivity index (χ0) is 21.5. The maximum absolute atomic E-state index is 13.0. The van der Waals surface area contributed by atoms with Crippen molar-refractivity contribution in [2.45, 2.75) is 29.9 Å².